The second-order valence-corrected chi connectivity index (χ2v) is 7.30. The van der Waals surface area contributed by atoms with Gasteiger partial charge in [0, 0.05) is 19.6 Å². The number of halogens is 1. The molecule has 3 rings (SSSR count). The lowest BCUT2D eigenvalue weighted by Gasteiger charge is -2.30. The van der Waals surface area contributed by atoms with Crippen molar-refractivity contribution in [2.45, 2.75) is 51.7 Å². The molecule has 0 radical (unpaired) electrons. The number of hydrogen-bond donors (Lipinski definition) is 1. The van der Waals surface area contributed by atoms with Crippen molar-refractivity contribution in [1.82, 2.24) is 9.80 Å². The van der Waals surface area contributed by atoms with Gasteiger partial charge in [0.2, 0.25) is 0 Å². The summed E-state index contributed by atoms with van der Waals surface area (Å²) < 4.78 is 0. The lowest BCUT2D eigenvalue weighted by Crippen LogP contribution is -2.35. The number of benzene rings is 1. The number of piperidine rings is 1. The van der Waals surface area contributed by atoms with E-state index in [4.69, 9.17) is 5.73 Å². The molecule has 24 heavy (non-hydrogen) atoms. The molecular formula is C19H31IN4. The lowest BCUT2D eigenvalue weighted by molar-refractivity contribution is 0.185. The van der Waals surface area contributed by atoms with Crippen molar-refractivity contribution in [2.24, 2.45) is 16.6 Å². The second kappa shape index (κ2) is 9.04. The maximum Gasteiger partial charge on any atom is 0.191 e. The zero-order valence-corrected chi connectivity index (χ0v) is 17.3. The Labute approximate surface area is 163 Å². The van der Waals surface area contributed by atoms with Crippen molar-refractivity contribution >= 4 is 29.9 Å². The number of nitrogens with two attached hydrogens (primary N) is 1. The van der Waals surface area contributed by atoms with Crippen LogP contribution in [0.15, 0.2) is 29.3 Å². The summed E-state index contributed by atoms with van der Waals surface area (Å²) in [5.41, 5.74) is 8.71. The molecule has 0 bridgehead atoms. The maximum absolute atomic E-state index is 6.07. The molecule has 2 aliphatic rings. The SMILES string of the molecule is CC1CCN(Cc2cccc(CN=C(N)N(C)C3CC3)c2)CC1.I. The predicted octanol–water partition coefficient (Wildman–Crippen LogP) is 3.45. The summed E-state index contributed by atoms with van der Waals surface area (Å²) in [6.45, 7) is 6.54. The van der Waals surface area contributed by atoms with Crippen LogP contribution in [0.4, 0.5) is 0 Å². The Balaban J connectivity index is 0.00000208. The van der Waals surface area contributed by atoms with Gasteiger partial charge in [0.15, 0.2) is 5.96 Å². The first-order valence-corrected chi connectivity index (χ1v) is 8.95. The van der Waals surface area contributed by atoms with E-state index in [1.54, 1.807) is 0 Å². The number of aliphatic imine (C=N–C) groups is 1. The molecule has 4 nitrogen and oxygen atoms in total. The third-order valence-electron chi connectivity index (χ3n) is 5.15. The standard InChI is InChI=1S/C19H30N4.HI/c1-15-8-10-23(11-9-15)14-17-5-3-4-16(12-17)13-21-19(20)22(2)18-6-7-18;/h3-5,12,15,18H,6-11,13-14H2,1-2H3,(H2,20,21);1H. The van der Waals surface area contributed by atoms with Gasteiger partial charge < -0.3 is 10.6 Å². The third-order valence-corrected chi connectivity index (χ3v) is 5.15. The van der Waals surface area contributed by atoms with E-state index in [1.807, 2.05) is 7.05 Å². The molecular weight excluding hydrogens is 411 g/mol. The summed E-state index contributed by atoms with van der Waals surface area (Å²) in [7, 11) is 2.05. The van der Waals surface area contributed by atoms with Crippen molar-refractivity contribution in [3.8, 4) is 0 Å². The number of rotatable bonds is 5. The van der Waals surface area contributed by atoms with Crippen molar-refractivity contribution in [3.05, 3.63) is 35.4 Å². The van der Waals surface area contributed by atoms with Crippen LogP contribution in [-0.2, 0) is 13.1 Å². The van der Waals surface area contributed by atoms with Crippen molar-refractivity contribution < 1.29 is 0 Å². The van der Waals surface area contributed by atoms with Crippen molar-refractivity contribution in [3.63, 3.8) is 0 Å². The largest absolute Gasteiger partial charge is 0.370 e. The van der Waals surface area contributed by atoms with Crippen LogP contribution in [0, 0.1) is 5.92 Å². The average molecular weight is 442 g/mol. The fourth-order valence-corrected chi connectivity index (χ4v) is 3.24. The molecule has 1 aromatic rings. The molecule has 0 unspecified atom stereocenters. The van der Waals surface area contributed by atoms with E-state index in [-0.39, 0.29) is 24.0 Å². The summed E-state index contributed by atoms with van der Waals surface area (Å²) in [5, 5.41) is 0. The van der Waals surface area contributed by atoms with Crippen LogP contribution in [0.5, 0.6) is 0 Å². The van der Waals surface area contributed by atoms with Gasteiger partial charge in [0.1, 0.15) is 0 Å². The highest BCUT2D eigenvalue weighted by molar-refractivity contribution is 14.0. The molecule has 1 aromatic carbocycles. The third kappa shape index (κ3) is 5.62. The molecule has 2 fully saturated rings. The molecule has 0 amide bonds. The van der Waals surface area contributed by atoms with Crippen LogP contribution in [0.2, 0.25) is 0 Å². The molecule has 1 heterocycles. The summed E-state index contributed by atoms with van der Waals surface area (Å²) in [6, 6.07) is 9.42. The topological polar surface area (TPSA) is 44.9 Å². The maximum atomic E-state index is 6.07. The van der Waals surface area contributed by atoms with E-state index >= 15 is 0 Å². The minimum absolute atomic E-state index is 0. The summed E-state index contributed by atoms with van der Waals surface area (Å²) in [4.78, 5) is 9.24. The number of likely N-dealkylation sites (tertiary alicyclic amines) is 1. The first-order valence-electron chi connectivity index (χ1n) is 8.95. The molecule has 1 saturated carbocycles. The Morgan fingerprint density at radius 3 is 2.54 bits per heavy atom. The van der Waals surface area contributed by atoms with Gasteiger partial charge in [0.05, 0.1) is 6.54 Å². The van der Waals surface area contributed by atoms with E-state index in [2.05, 4.69) is 46.0 Å². The molecule has 0 spiro atoms. The molecule has 134 valence electrons. The van der Waals surface area contributed by atoms with Gasteiger partial charge in [0.25, 0.3) is 0 Å². The van der Waals surface area contributed by atoms with E-state index in [0.29, 0.717) is 18.5 Å². The van der Waals surface area contributed by atoms with E-state index in [0.717, 1.165) is 12.5 Å². The Morgan fingerprint density at radius 2 is 1.88 bits per heavy atom. The first-order chi connectivity index (χ1) is 11.1. The monoisotopic (exact) mass is 442 g/mol. The summed E-state index contributed by atoms with van der Waals surface area (Å²) >= 11 is 0. The highest BCUT2D eigenvalue weighted by Crippen LogP contribution is 2.25. The highest BCUT2D eigenvalue weighted by atomic mass is 127. The fraction of sp³-hybridized carbons (Fsp3) is 0.632. The van der Waals surface area contributed by atoms with E-state index in [9.17, 15) is 0 Å². The summed E-state index contributed by atoms with van der Waals surface area (Å²) in [5.74, 6) is 1.56. The van der Waals surface area contributed by atoms with Gasteiger partial charge >= 0.3 is 0 Å². The van der Waals surface area contributed by atoms with E-state index < -0.39 is 0 Å². The molecule has 0 aromatic heterocycles. The average Bonchev–Trinajstić information content (AvgIpc) is 3.39. The van der Waals surface area contributed by atoms with Crippen LogP contribution in [-0.4, -0.2) is 41.9 Å². The van der Waals surface area contributed by atoms with Gasteiger partial charge in [-0.1, -0.05) is 31.2 Å². The Bertz CT molecular complexity index is 548. The molecule has 0 atom stereocenters. The number of nitrogens with zero attached hydrogens (tertiary/aromatic N) is 3. The fourth-order valence-electron chi connectivity index (χ4n) is 3.24. The van der Waals surface area contributed by atoms with Crippen molar-refractivity contribution in [1.29, 1.82) is 0 Å². The van der Waals surface area contributed by atoms with Gasteiger partial charge in [-0.25, -0.2) is 4.99 Å². The second-order valence-electron chi connectivity index (χ2n) is 7.30. The van der Waals surface area contributed by atoms with Gasteiger partial charge in [-0.05, 0) is 55.8 Å². The van der Waals surface area contributed by atoms with Gasteiger partial charge in [-0.2, -0.15) is 0 Å². The summed E-state index contributed by atoms with van der Waals surface area (Å²) in [6.07, 6.45) is 5.15. The van der Waals surface area contributed by atoms with Gasteiger partial charge in [-0.3, -0.25) is 4.90 Å². The quantitative estimate of drug-likeness (QED) is 0.432. The molecule has 1 saturated heterocycles. The van der Waals surface area contributed by atoms with Crippen LogP contribution in [0.3, 0.4) is 0 Å². The van der Waals surface area contributed by atoms with Crippen LogP contribution in [0.25, 0.3) is 0 Å². The zero-order chi connectivity index (χ0) is 16.2. The number of guanidine groups is 1. The van der Waals surface area contributed by atoms with E-state index in [1.165, 1.54) is 49.9 Å². The lowest BCUT2D eigenvalue weighted by atomic mass is 9.98. The molecule has 5 heteroatoms. The predicted molar refractivity (Wildman–Crippen MR) is 112 cm³/mol. The smallest absolute Gasteiger partial charge is 0.191 e. The molecule has 1 aliphatic heterocycles. The Kier molecular flexibility index (Phi) is 7.34. The zero-order valence-electron chi connectivity index (χ0n) is 14.9. The molecule has 1 aliphatic carbocycles. The van der Waals surface area contributed by atoms with Crippen LogP contribution >= 0.6 is 24.0 Å². The van der Waals surface area contributed by atoms with Gasteiger partial charge in [-0.15, -0.1) is 24.0 Å². The Hall–Kier alpha value is -0.820. The van der Waals surface area contributed by atoms with Crippen LogP contribution < -0.4 is 5.73 Å². The highest BCUT2D eigenvalue weighted by Gasteiger charge is 2.27. The minimum Gasteiger partial charge on any atom is -0.370 e. The normalized spacial score (nSPS) is 19.8. The number of hydrogen-bond acceptors (Lipinski definition) is 2. The van der Waals surface area contributed by atoms with Crippen molar-refractivity contribution in [2.75, 3.05) is 20.1 Å². The first kappa shape index (κ1) is 19.5. The Morgan fingerprint density at radius 1 is 1.21 bits per heavy atom. The molecule has 2 N–H and O–H groups in total. The minimum atomic E-state index is 0. The van der Waals surface area contributed by atoms with Crippen LogP contribution in [0.1, 0.15) is 43.7 Å².